The monoisotopic (exact) mass is 594 g/mol. The van der Waals surface area contributed by atoms with Gasteiger partial charge >= 0.3 is 17.9 Å². The summed E-state index contributed by atoms with van der Waals surface area (Å²) < 4.78 is 22.7. The van der Waals surface area contributed by atoms with Crippen molar-refractivity contribution in [1.29, 1.82) is 0 Å². The number of carbonyl (C=O) groups is 3. The summed E-state index contributed by atoms with van der Waals surface area (Å²) in [6.45, 7) is 18.0. The second-order valence-corrected chi connectivity index (χ2v) is 17.1. The average molecular weight is 596 g/mol. The third-order valence-electron chi connectivity index (χ3n) is 6.21. The first-order chi connectivity index (χ1) is 17.5. The molecular formula is C28H48Cl2O7Si. The van der Waals surface area contributed by atoms with Crippen molar-refractivity contribution in [3.63, 3.8) is 0 Å². The number of hydrogen-bond acceptors (Lipinski definition) is 7. The molecule has 0 radical (unpaired) electrons. The van der Waals surface area contributed by atoms with E-state index >= 15 is 0 Å². The van der Waals surface area contributed by atoms with Gasteiger partial charge in [-0.1, -0.05) is 65.2 Å². The minimum Gasteiger partial charge on any atom is -0.461 e. The Balaban J connectivity index is 5.88. The highest BCUT2D eigenvalue weighted by molar-refractivity contribution is 6.74. The molecule has 0 rings (SSSR count). The molecule has 0 aromatic carbocycles. The van der Waals surface area contributed by atoms with Crippen molar-refractivity contribution < 1.29 is 33.0 Å². The molecule has 0 bridgehead atoms. The van der Waals surface area contributed by atoms with Gasteiger partial charge in [-0.05, 0) is 51.4 Å². The molecule has 38 heavy (non-hydrogen) atoms. The molecule has 0 aliphatic rings. The van der Waals surface area contributed by atoms with Crippen LogP contribution in [0.4, 0.5) is 0 Å². The van der Waals surface area contributed by atoms with E-state index in [2.05, 4.69) is 40.8 Å². The lowest BCUT2D eigenvalue weighted by molar-refractivity contribution is -0.172. The van der Waals surface area contributed by atoms with Crippen LogP contribution in [-0.4, -0.2) is 62.9 Å². The van der Waals surface area contributed by atoms with Gasteiger partial charge in [-0.15, -0.1) is 23.2 Å². The predicted molar refractivity (Wildman–Crippen MR) is 156 cm³/mol. The van der Waals surface area contributed by atoms with E-state index in [1.807, 2.05) is 12.2 Å². The molecule has 220 valence electrons. The van der Waals surface area contributed by atoms with Crippen molar-refractivity contribution in [3.05, 3.63) is 24.3 Å². The number of unbranched alkanes of at least 4 members (excludes halogenated alkanes) is 2. The van der Waals surface area contributed by atoms with Crippen molar-refractivity contribution in [2.24, 2.45) is 5.41 Å². The van der Waals surface area contributed by atoms with Crippen LogP contribution in [0.25, 0.3) is 0 Å². The molecule has 3 atom stereocenters. The molecule has 0 heterocycles. The lowest BCUT2D eigenvalue weighted by Crippen LogP contribution is -2.43. The standard InChI is InChI=1S/C28H48Cl2O7Si/c1-10-11-12-15-21(37-38(8,9)28(5,6)7)16-13-14-17-22(35-24(31)18-29)23(36-25(32)19-30)20-34-26(33)27(2,3)4/h13-14,16-17,21-23H,10-12,15,18-20H2,1-9H3/b16-13+,17-14+/t21-,22-,23-/m1/s1. The van der Waals surface area contributed by atoms with Gasteiger partial charge in [-0.3, -0.25) is 14.4 Å². The van der Waals surface area contributed by atoms with Crippen LogP contribution in [-0.2, 0) is 33.0 Å². The topological polar surface area (TPSA) is 88.1 Å². The Labute approximate surface area is 240 Å². The first-order valence-corrected chi connectivity index (χ1v) is 17.2. The smallest absolute Gasteiger partial charge is 0.321 e. The van der Waals surface area contributed by atoms with Gasteiger partial charge in [-0.2, -0.15) is 0 Å². The summed E-state index contributed by atoms with van der Waals surface area (Å²) >= 11 is 11.3. The Hall–Kier alpha value is -1.35. The number of alkyl halides is 2. The maximum Gasteiger partial charge on any atom is 0.321 e. The maximum atomic E-state index is 12.3. The van der Waals surface area contributed by atoms with Crippen LogP contribution in [0.5, 0.6) is 0 Å². The van der Waals surface area contributed by atoms with Crippen molar-refractivity contribution in [1.82, 2.24) is 0 Å². The molecule has 0 aromatic heterocycles. The number of hydrogen-bond donors (Lipinski definition) is 0. The van der Waals surface area contributed by atoms with Crippen LogP contribution in [0.15, 0.2) is 24.3 Å². The molecule has 0 unspecified atom stereocenters. The summed E-state index contributed by atoms with van der Waals surface area (Å²) in [6.07, 6.45) is 9.05. The molecule has 7 nitrogen and oxygen atoms in total. The van der Waals surface area contributed by atoms with Crippen molar-refractivity contribution in [2.75, 3.05) is 18.4 Å². The molecule has 0 amide bonds. The van der Waals surface area contributed by atoms with E-state index in [-0.39, 0.29) is 17.7 Å². The summed E-state index contributed by atoms with van der Waals surface area (Å²) in [4.78, 5) is 36.3. The fourth-order valence-corrected chi connectivity index (χ4v) is 4.33. The highest BCUT2D eigenvalue weighted by Crippen LogP contribution is 2.38. The highest BCUT2D eigenvalue weighted by Gasteiger charge is 2.38. The SMILES string of the molecule is CCCCC[C@H](/C=C/C=C/[C@@H](OC(=O)CCl)[C@@H](COC(=O)C(C)(C)C)OC(=O)CCl)O[Si](C)(C)C(C)(C)C. The van der Waals surface area contributed by atoms with E-state index in [1.165, 1.54) is 0 Å². The number of allylic oxidation sites excluding steroid dienone is 2. The summed E-state index contributed by atoms with van der Waals surface area (Å²) in [5.74, 6) is -2.74. The van der Waals surface area contributed by atoms with Gasteiger partial charge in [0.2, 0.25) is 0 Å². The lowest BCUT2D eigenvalue weighted by Gasteiger charge is -2.38. The third-order valence-corrected chi connectivity index (χ3v) is 11.1. The zero-order chi connectivity index (χ0) is 29.6. The average Bonchev–Trinajstić information content (AvgIpc) is 2.81. The zero-order valence-corrected chi connectivity index (χ0v) is 27.1. The fourth-order valence-electron chi connectivity index (χ4n) is 2.90. The Kier molecular flexibility index (Phi) is 16.7. The van der Waals surface area contributed by atoms with Crippen LogP contribution in [0, 0.1) is 5.41 Å². The molecule has 10 heteroatoms. The number of ether oxygens (including phenoxy) is 3. The molecule has 0 fully saturated rings. The number of rotatable bonds is 16. The minimum atomic E-state index is -1.99. The van der Waals surface area contributed by atoms with Gasteiger partial charge in [0, 0.05) is 0 Å². The summed E-state index contributed by atoms with van der Waals surface area (Å²) in [7, 11) is -1.99. The van der Waals surface area contributed by atoms with Crippen LogP contribution >= 0.6 is 23.2 Å². The fraction of sp³-hybridized carbons (Fsp3) is 0.750. The summed E-state index contributed by atoms with van der Waals surface area (Å²) in [6, 6.07) is 0. The van der Waals surface area contributed by atoms with Gasteiger partial charge in [0.1, 0.15) is 18.4 Å². The first-order valence-electron chi connectivity index (χ1n) is 13.2. The molecule has 0 saturated carbocycles. The van der Waals surface area contributed by atoms with E-state index in [4.69, 9.17) is 41.8 Å². The van der Waals surface area contributed by atoms with Crippen LogP contribution in [0.3, 0.4) is 0 Å². The predicted octanol–water partition coefficient (Wildman–Crippen LogP) is 6.96. The van der Waals surface area contributed by atoms with Crippen molar-refractivity contribution in [2.45, 2.75) is 111 Å². The highest BCUT2D eigenvalue weighted by atomic mass is 35.5. The van der Waals surface area contributed by atoms with Gasteiger partial charge in [0.05, 0.1) is 11.5 Å². The Bertz CT molecular complexity index is 798. The molecule has 0 N–H and O–H groups in total. The molecule has 0 aromatic rings. The molecule has 0 spiro atoms. The van der Waals surface area contributed by atoms with E-state index in [0.29, 0.717) is 0 Å². The van der Waals surface area contributed by atoms with E-state index in [1.54, 1.807) is 32.9 Å². The molecular weight excluding hydrogens is 547 g/mol. The van der Waals surface area contributed by atoms with Crippen LogP contribution < -0.4 is 0 Å². The Morgan fingerprint density at radius 1 is 0.868 bits per heavy atom. The molecule has 0 aliphatic heterocycles. The second-order valence-electron chi connectivity index (χ2n) is 11.8. The number of carbonyl (C=O) groups excluding carboxylic acids is 3. The zero-order valence-electron chi connectivity index (χ0n) is 24.6. The molecule has 0 aliphatic carbocycles. The summed E-state index contributed by atoms with van der Waals surface area (Å²) in [5, 5.41) is 0.0740. The quantitative estimate of drug-likeness (QED) is 0.0476. The summed E-state index contributed by atoms with van der Waals surface area (Å²) in [5.41, 5.74) is -0.765. The van der Waals surface area contributed by atoms with Gasteiger partial charge in [0.25, 0.3) is 0 Å². The van der Waals surface area contributed by atoms with Crippen LogP contribution in [0.1, 0.15) is 74.1 Å². The van der Waals surface area contributed by atoms with E-state index < -0.39 is 55.6 Å². The van der Waals surface area contributed by atoms with Crippen LogP contribution in [0.2, 0.25) is 18.1 Å². The maximum absolute atomic E-state index is 12.3. The first kappa shape index (κ1) is 36.6. The normalized spacial score (nSPS) is 15.3. The lowest BCUT2D eigenvalue weighted by atomic mass is 9.97. The molecule has 0 saturated heterocycles. The number of halogens is 2. The van der Waals surface area contributed by atoms with Crippen molar-refractivity contribution >= 4 is 49.4 Å². The van der Waals surface area contributed by atoms with Gasteiger partial charge in [0.15, 0.2) is 20.5 Å². The van der Waals surface area contributed by atoms with Gasteiger partial charge in [-0.25, -0.2) is 0 Å². The number of esters is 3. The Morgan fingerprint density at radius 2 is 1.42 bits per heavy atom. The minimum absolute atomic E-state index is 0.0615. The third kappa shape index (κ3) is 14.7. The Morgan fingerprint density at radius 3 is 1.92 bits per heavy atom. The second kappa shape index (κ2) is 17.4. The van der Waals surface area contributed by atoms with Gasteiger partial charge < -0.3 is 18.6 Å². The largest absolute Gasteiger partial charge is 0.461 e. The van der Waals surface area contributed by atoms with E-state index in [9.17, 15) is 14.4 Å². The van der Waals surface area contributed by atoms with Crippen molar-refractivity contribution in [3.8, 4) is 0 Å². The van der Waals surface area contributed by atoms with E-state index in [0.717, 1.165) is 25.7 Å².